The Morgan fingerprint density at radius 3 is 2.18 bits per heavy atom. The van der Waals surface area contributed by atoms with Gasteiger partial charge in [0.25, 0.3) is 0 Å². The van der Waals surface area contributed by atoms with Gasteiger partial charge in [0.05, 0.1) is 6.10 Å². The monoisotopic (exact) mass is 155 g/mol. The maximum Gasteiger partial charge on any atom is 0.0790 e. The van der Waals surface area contributed by atoms with Crippen molar-refractivity contribution >= 4 is 0 Å². The lowest BCUT2D eigenvalue weighted by Gasteiger charge is -2.27. The van der Waals surface area contributed by atoms with Gasteiger partial charge in [-0.3, -0.25) is 4.84 Å². The zero-order chi connectivity index (χ0) is 7.52. The van der Waals surface area contributed by atoms with Crippen molar-refractivity contribution < 1.29 is 4.84 Å². The van der Waals surface area contributed by atoms with Crippen molar-refractivity contribution in [1.29, 1.82) is 0 Å². The summed E-state index contributed by atoms with van der Waals surface area (Å²) in [5.74, 6) is 0. The Labute approximate surface area is 68.3 Å². The van der Waals surface area contributed by atoms with E-state index >= 15 is 0 Å². The highest BCUT2D eigenvalue weighted by Crippen LogP contribution is 2.22. The highest BCUT2D eigenvalue weighted by atomic mass is 16.7. The van der Waals surface area contributed by atoms with Gasteiger partial charge in [-0.25, -0.2) is 0 Å². The third kappa shape index (κ3) is 1.94. The van der Waals surface area contributed by atoms with Crippen molar-refractivity contribution in [3.8, 4) is 0 Å². The quantitative estimate of drug-likeness (QED) is 0.629. The lowest BCUT2D eigenvalue weighted by molar-refractivity contribution is -0.0538. The Morgan fingerprint density at radius 1 is 0.909 bits per heavy atom. The molecular formula is C9H17NO. The zero-order valence-corrected chi connectivity index (χ0v) is 7.01. The Bertz CT molecular complexity index is 117. The zero-order valence-electron chi connectivity index (χ0n) is 7.01. The van der Waals surface area contributed by atoms with E-state index in [-0.39, 0.29) is 0 Å². The highest BCUT2D eigenvalue weighted by Gasteiger charge is 2.20. The van der Waals surface area contributed by atoms with Gasteiger partial charge in [-0.15, -0.1) is 0 Å². The molecule has 0 spiro atoms. The number of rotatable bonds is 3. The Morgan fingerprint density at radius 2 is 1.64 bits per heavy atom. The van der Waals surface area contributed by atoms with Gasteiger partial charge in [-0.1, -0.05) is 19.3 Å². The molecule has 0 amide bonds. The standard InChI is InChI=1S/C9H17NO/c1-2-7-9(6-1)11-10-8-4-3-5-8/h8-10H,1-7H2. The van der Waals surface area contributed by atoms with E-state index in [1.165, 1.54) is 44.9 Å². The SMILES string of the molecule is C1CC(NOC2CCCC2)C1. The second-order valence-electron chi connectivity index (χ2n) is 3.77. The molecule has 1 N–H and O–H groups in total. The predicted molar refractivity (Wildman–Crippen MR) is 44.1 cm³/mol. The van der Waals surface area contributed by atoms with Crippen molar-refractivity contribution in [1.82, 2.24) is 5.48 Å². The molecule has 0 saturated heterocycles. The van der Waals surface area contributed by atoms with Crippen molar-refractivity contribution in [2.24, 2.45) is 0 Å². The van der Waals surface area contributed by atoms with E-state index in [0.29, 0.717) is 12.1 Å². The van der Waals surface area contributed by atoms with Crippen molar-refractivity contribution in [3.63, 3.8) is 0 Å². The summed E-state index contributed by atoms with van der Waals surface area (Å²) in [4.78, 5) is 5.56. The average molecular weight is 155 g/mol. The Balaban J connectivity index is 1.57. The summed E-state index contributed by atoms with van der Waals surface area (Å²) in [5.41, 5.74) is 3.16. The van der Waals surface area contributed by atoms with E-state index in [1.807, 2.05) is 0 Å². The molecule has 11 heavy (non-hydrogen) atoms. The molecule has 0 aromatic heterocycles. The maximum absolute atomic E-state index is 5.56. The van der Waals surface area contributed by atoms with Crippen LogP contribution in [0.15, 0.2) is 0 Å². The molecule has 2 aliphatic rings. The van der Waals surface area contributed by atoms with Gasteiger partial charge in [0.2, 0.25) is 0 Å². The van der Waals surface area contributed by atoms with E-state index < -0.39 is 0 Å². The minimum Gasteiger partial charge on any atom is -0.298 e. The van der Waals surface area contributed by atoms with Gasteiger partial charge >= 0.3 is 0 Å². The summed E-state index contributed by atoms with van der Waals surface area (Å²) >= 11 is 0. The second kappa shape index (κ2) is 3.55. The first kappa shape index (κ1) is 7.56. The fourth-order valence-electron chi connectivity index (χ4n) is 1.72. The predicted octanol–water partition coefficient (Wildman–Crippen LogP) is 2.00. The first-order chi connectivity index (χ1) is 5.45. The molecule has 2 fully saturated rings. The molecule has 0 bridgehead atoms. The highest BCUT2D eigenvalue weighted by molar-refractivity contribution is 4.73. The summed E-state index contributed by atoms with van der Waals surface area (Å²) in [6.07, 6.45) is 9.77. The second-order valence-corrected chi connectivity index (χ2v) is 3.77. The molecule has 0 unspecified atom stereocenters. The molecule has 0 aromatic carbocycles. The smallest absolute Gasteiger partial charge is 0.0790 e. The molecule has 0 aromatic rings. The average Bonchev–Trinajstić information content (AvgIpc) is 2.36. The van der Waals surface area contributed by atoms with Crippen LogP contribution >= 0.6 is 0 Å². The van der Waals surface area contributed by atoms with Gasteiger partial charge in [0.15, 0.2) is 0 Å². The lowest BCUT2D eigenvalue weighted by atomic mass is 9.94. The van der Waals surface area contributed by atoms with E-state index in [2.05, 4.69) is 5.48 Å². The lowest BCUT2D eigenvalue weighted by Crippen LogP contribution is -2.37. The summed E-state index contributed by atoms with van der Waals surface area (Å²) in [7, 11) is 0. The minimum atomic E-state index is 0.524. The molecule has 2 nitrogen and oxygen atoms in total. The Hall–Kier alpha value is -0.0800. The van der Waals surface area contributed by atoms with Crippen LogP contribution in [0.4, 0.5) is 0 Å². The van der Waals surface area contributed by atoms with Crippen LogP contribution < -0.4 is 5.48 Å². The van der Waals surface area contributed by atoms with Crippen LogP contribution in [0.5, 0.6) is 0 Å². The van der Waals surface area contributed by atoms with Gasteiger partial charge in [-0.05, 0) is 25.7 Å². The van der Waals surface area contributed by atoms with E-state index in [9.17, 15) is 0 Å². The van der Waals surface area contributed by atoms with E-state index in [4.69, 9.17) is 4.84 Å². The largest absolute Gasteiger partial charge is 0.298 e. The van der Waals surface area contributed by atoms with Crippen LogP contribution in [0.2, 0.25) is 0 Å². The van der Waals surface area contributed by atoms with Crippen LogP contribution in [-0.2, 0) is 4.84 Å². The summed E-state index contributed by atoms with van der Waals surface area (Å²) in [6.45, 7) is 0. The third-order valence-corrected chi connectivity index (χ3v) is 2.81. The van der Waals surface area contributed by atoms with Crippen LogP contribution in [0.1, 0.15) is 44.9 Å². The molecule has 0 heterocycles. The normalized spacial score (nSPS) is 27.3. The fraction of sp³-hybridized carbons (Fsp3) is 1.00. The summed E-state index contributed by atoms with van der Waals surface area (Å²) in [6, 6.07) is 0.676. The molecule has 0 atom stereocenters. The van der Waals surface area contributed by atoms with Crippen molar-refractivity contribution in [2.45, 2.75) is 57.1 Å². The molecular weight excluding hydrogens is 138 g/mol. The number of hydroxylamine groups is 1. The molecule has 2 saturated carbocycles. The molecule has 0 radical (unpaired) electrons. The maximum atomic E-state index is 5.56. The minimum absolute atomic E-state index is 0.524. The summed E-state index contributed by atoms with van der Waals surface area (Å²) in [5, 5.41) is 0. The number of nitrogens with one attached hydrogen (secondary N) is 1. The van der Waals surface area contributed by atoms with Crippen molar-refractivity contribution in [3.05, 3.63) is 0 Å². The first-order valence-electron chi connectivity index (χ1n) is 4.86. The van der Waals surface area contributed by atoms with Crippen LogP contribution in [-0.4, -0.2) is 12.1 Å². The van der Waals surface area contributed by atoms with Crippen LogP contribution in [0, 0.1) is 0 Å². The summed E-state index contributed by atoms with van der Waals surface area (Å²) < 4.78 is 0. The van der Waals surface area contributed by atoms with Gasteiger partial charge in [-0.2, -0.15) is 5.48 Å². The van der Waals surface area contributed by atoms with Crippen LogP contribution in [0.25, 0.3) is 0 Å². The third-order valence-electron chi connectivity index (χ3n) is 2.81. The topological polar surface area (TPSA) is 21.3 Å². The van der Waals surface area contributed by atoms with Crippen LogP contribution in [0.3, 0.4) is 0 Å². The first-order valence-corrected chi connectivity index (χ1v) is 4.86. The molecule has 2 rings (SSSR count). The molecule has 0 aliphatic heterocycles. The fourth-order valence-corrected chi connectivity index (χ4v) is 1.72. The Kier molecular flexibility index (Phi) is 2.44. The molecule has 64 valence electrons. The number of hydrogen-bond acceptors (Lipinski definition) is 2. The van der Waals surface area contributed by atoms with Gasteiger partial charge in [0, 0.05) is 6.04 Å². The van der Waals surface area contributed by atoms with Gasteiger partial charge < -0.3 is 0 Å². The van der Waals surface area contributed by atoms with E-state index in [0.717, 1.165) is 0 Å². The molecule has 2 heteroatoms. The molecule has 2 aliphatic carbocycles. The van der Waals surface area contributed by atoms with E-state index in [1.54, 1.807) is 0 Å². The van der Waals surface area contributed by atoms with Crippen molar-refractivity contribution in [2.75, 3.05) is 0 Å². The van der Waals surface area contributed by atoms with Gasteiger partial charge in [0.1, 0.15) is 0 Å². The number of hydrogen-bond donors (Lipinski definition) is 1.